The molecule has 0 saturated carbocycles. The first-order valence-electron chi connectivity index (χ1n) is 13.6. The molecule has 0 radical (unpaired) electrons. The van der Waals surface area contributed by atoms with Gasteiger partial charge in [0.1, 0.15) is 34.5 Å². The van der Waals surface area contributed by atoms with E-state index in [2.05, 4.69) is 25.3 Å². The summed E-state index contributed by atoms with van der Waals surface area (Å²) in [7, 11) is 9.78. The van der Waals surface area contributed by atoms with E-state index in [0.717, 1.165) is 53.9 Å². The number of ether oxygens (including phenoxy) is 6. The third-order valence-corrected chi connectivity index (χ3v) is 8.61. The third-order valence-electron chi connectivity index (χ3n) is 8.20. The highest BCUT2D eigenvalue weighted by Gasteiger charge is 2.25. The van der Waals surface area contributed by atoms with Gasteiger partial charge < -0.3 is 28.4 Å². The summed E-state index contributed by atoms with van der Waals surface area (Å²) in [4.78, 5) is 0. The molecule has 6 nitrogen and oxygen atoms in total. The summed E-state index contributed by atoms with van der Waals surface area (Å²) in [6.45, 7) is 8.02. The highest BCUT2D eigenvalue weighted by Crippen LogP contribution is 2.53. The predicted molar refractivity (Wildman–Crippen MR) is 183 cm³/mol. The lowest BCUT2D eigenvalue weighted by atomic mass is 9.88. The van der Waals surface area contributed by atoms with Gasteiger partial charge in [-0.2, -0.15) is 0 Å². The Bertz CT molecular complexity index is 2050. The van der Waals surface area contributed by atoms with E-state index in [1.165, 1.54) is 0 Å². The number of fused-ring (bicyclic) bond motifs is 9. The number of hydrogen-bond donors (Lipinski definition) is 0. The summed E-state index contributed by atoms with van der Waals surface area (Å²) >= 11 is 13.1. The summed E-state index contributed by atoms with van der Waals surface area (Å²) < 4.78 is 35.9. The van der Waals surface area contributed by atoms with Crippen LogP contribution in [0.25, 0.3) is 63.9 Å². The molecule has 0 bridgehead atoms. The van der Waals surface area contributed by atoms with E-state index in [4.69, 9.17) is 51.6 Å². The molecule has 0 heterocycles. The molecule has 0 aliphatic heterocycles. The molecule has 0 unspecified atom stereocenters. The quantitative estimate of drug-likeness (QED) is 0.156. The second-order valence-electron chi connectivity index (χ2n) is 10.2. The van der Waals surface area contributed by atoms with Crippen molar-refractivity contribution in [1.29, 1.82) is 0 Å². The van der Waals surface area contributed by atoms with Gasteiger partial charge in [-0.05, 0) is 47.2 Å². The molecule has 8 heteroatoms. The van der Waals surface area contributed by atoms with E-state index >= 15 is 0 Å². The van der Waals surface area contributed by atoms with Crippen LogP contribution < -0.4 is 28.4 Å². The van der Waals surface area contributed by atoms with Crippen molar-refractivity contribution in [3.05, 3.63) is 72.8 Å². The van der Waals surface area contributed by atoms with Crippen molar-refractivity contribution in [2.24, 2.45) is 0 Å². The number of methoxy groups -OCH3 is 6. The lowest BCUT2D eigenvalue weighted by molar-refractivity contribution is 0.408. The molecule has 44 heavy (non-hydrogen) atoms. The maximum absolute atomic E-state index is 6.55. The fourth-order valence-electron chi connectivity index (χ4n) is 6.36. The maximum atomic E-state index is 6.55. The Balaban J connectivity index is 2.09. The van der Waals surface area contributed by atoms with Gasteiger partial charge in [-0.3, -0.25) is 0 Å². The normalized spacial score (nSPS) is 11.4. The van der Waals surface area contributed by atoms with E-state index in [1.807, 2.05) is 36.4 Å². The zero-order chi connectivity index (χ0) is 31.4. The van der Waals surface area contributed by atoms with Gasteiger partial charge in [0.05, 0.1) is 42.7 Å². The number of halogens is 2. The largest absolute Gasteiger partial charge is 0.496 e. The summed E-state index contributed by atoms with van der Waals surface area (Å²) in [6.07, 6.45) is 0. The van der Waals surface area contributed by atoms with Crippen molar-refractivity contribution in [3.63, 3.8) is 0 Å². The number of rotatable bonds is 8. The van der Waals surface area contributed by atoms with E-state index in [-0.39, 0.29) is 0 Å². The summed E-state index contributed by atoms with van der Waals surface area (Å²) in [5, 5.41) is 9.10. The standard InChI is InChI=1S/C36H30Cl2O6/c1-17(37)22-13-28(41-5)24-15-26(39-3)20-11-9-19-10-12-21-27(40-4)16-25-29(42-6)14-23(18(2)38)36(44-8)34(25)32(21)30(19)31(20)33(24)35(22)43-7/h9-16H,1-2H2,3-8H3. The first kappa shape index (κ1) is 29.5. The van der Waals surface area contributed by atoms with Crippen LogP contribution in [0.3, 0.4) is 0 Å². The first-order valence-corrected chi connectivity index (χ1v) is 14.4. The Morgan fingerprint density at radius 3 is 1.14 bits per heavy atom. The number of hydrogen-bond acceptors (Lipinski definition) is 6. The first-order chi connectivity index (χ1) is 21.2. The van der Waals surface area contributed by atoms with Gasteiger partial charge in [0.25, 0.3) is 0 Å². The van der Waals surface area contributed by atoms with Crippen molar-refractivity contribution in [1.82, 2.24) is 0 Å². The van der Waals surface area contributed by atoms with Gasteiger partial charge in [0.15, 0.2) is 0 Å². The Labute approximate surface area is 264 Å². The molecule has 6 aromatic carbocycles. The van der Waals surface area contributed by atoms with E-state index < -0.39 is 0 Å². The van der Waals surface area contributed by atoms with E-state index in [1.54, 1.807) is 42.7 Å². The van der Waals surface area contributed by atoms with Crippen LogP contribution in [0.2, 0.25) is 0 Å². The van der Waals surface area contributed by atoms with Crippen LogP contribution in [0.1, 0.15) is 11.1 Å². The zero-order valence-electron chi connectivity index (χ0n) is 25.2. The van der Waals surface area contributed by atoms with Gasteiger partial charge in [-0.15, -0.1) is 0 Å². The van der Waals surface area contributed by atoms with Crippen LogP contribution in [-0.4, -0.2) is 42.7 Å². The van der Waals surface area contributed by atoms with Crippen molar-refractivity contribution in [2.75, 3.05) is 42.7 Å². The van der Waals surface area contributed by atoms with Crippen LogP contribution >= 0.6 is 23.2 Å². The second kappa shape index (κ2) is 11.2. The zero-order valence-corrected chi connectivity index (χ0v) is 26.8. The monoisotopic (exact) mass is 628 g/mol. The lowest BCUT2D eigenvalue weighted by Gasteiger charge is -2.22. The lowest BCUT2D eigenvalue weighted by Crippen LogP contribution is -1.99. The van der Waals surface area contributed by atoms with Crippen LogP contribution in [0.15, 0.2) is 61.7 Å². The molecule has 0 fully saturated rings. The Morgan fingerprint density at radius 1 is 0.455 bits per heavy atom. The maximum Gasteiger partial charge on any atom is 0.136 e. The number of benzene rings is 6. The predicted octanol–water partition coefficient (Wildman–Crippen LogP) is 9.92. The van der Waals surface area contributed by atoms with Gasteiger partial charge in [-0.1, -0.05) is 48.5 Å². The second-order valence-corrected chi connectivity index (χ2v) is 11.1. The summed E-state index contributed by atoms with van der Waals surface area (Å²) in [6, 6.07) is 15.8. The average Bonchev–Trinajstić information content (AvgIpc) is 3.04. The molecule has 224 valence electrons. The molecule has 0 spiro atoms. The molecule has 0 aliphatic carbocycles. The Hall–Kier alpha value is -4.52. The average molecular weight is 630 g/mol. The highest BCUT2D eigenvalue weighted by molar-refractivity contribution is 6.50. The Kier molecular flexibility index (Phi) is 7.52. The molecule has 0 saturated heterocycles. The SMILES string of the molecule is C=C(Cl)c1cc(OC)c2cc(OC)c3ccc4ccc5c(OC)cc6c(OC)cc(C(=C)Cl)c(OC)c6c5c4c3c2c1OC. The minimum atomic E-state index is 0.319. The van der Waals surface area contributed by atoms with Crippen molar-refractivity contribution >= 4 is 87.1 Å². The minimum Gasteiger partial charge on any atom is -0.496 e. The molecule has 6 rings (SSSR count). The van der Waals surface area contributed by atoms with Crippen molar-refractivity contribution < 1.29 is 28.4 Å². The van der Waals surface area contributed by atoms with E-state index in [0.29, 0.717) is 55.7 Å². The summed E-state index contributed by atoms with van der Waals surface area (Å²) in [5.74, 6) is 3.63. The van der Waals surface area contributed by atoms with Gasteiger partial charge in [-0.25, -0.2) is 0 Å². The molecule has 0 atom stereocenters. The molecule has 0 aromatic heterocycles. The Morgan fingerprint density at radius 2 is 0.818 bits per heavy atom. The molecular weight excluding hydrogens is 599 g/mol. The van der Waals surface area contributed by atoms with Crippen LogP contribution in [0, 0.1) is 0 Å². The van der Waals surface area contributed by atoms with E-state index in [9.17, 15) is 0 Å². The van der Waals surface area contributed by atoms with Gasteiger partial charge in [0, 0.05) is 64.3 Å². The van der Waals surface area contributed by atoms with Crippen LogP contribution in [-0.2, 0) is 0 Å². The molecule has 0 aliphatic rings. The highest BCUT2D eigenvalue weighted by atomic mass is 35.5. The fourth-order valence-corrected chi connectivity index (χ4v) is 6.64. The van der Waals surface area contributed by atoms with Crippen LogP contribution in [0.5, 0.6) is 34.5 Å². The van der Waals surface area contributed by atoms with Crippen molar-refractivity contribution in [3.8, 4) is 34.5 Å². The summed E-state index contributed by atoms with van der Waals surface area (Å²) in [5.41, 5.74) is 1.23. The molecule has 0 N–H and O–H groups in total. The molecular formula is C36H30Cl2O6. The fraction of sp³-hybridized carbons (Fsp3) is 0.167. The van der Waals surface area contributed by atoms with Crippen LogP contribution in [0.4, 0.5) is 0 Å². The van der Waals surface area contributed by atoms with Crippen molar-refractivity contribution in [2.45, 2.75) is 0 Å². The van der Waals surface area contributed by atoms with Gasteiger partial charge >= 0.3 is 0 Å². The molecule has 0 amide bonds. The third kappa shape index (κ3) is 4.16. The molecule has 6 aromatic rings. The smallest absolute Gasteiger partial charge is 0.136 e. The van der Waals surface area contributed by atoms with Gasteiger partial charge in [0.2, 0.25) is 0 Å². The topological polar surface area (TPSA) is 55.4 Å². The minimum absolute atomic E-state index is 0.319.